The van der Waals surface area contributed by atoms with Gasteiger partial charge in [-0.25, -0.2) is 0 Å². The highest BCUT2D eigenvalue weighted by atomic mass is 16.5. The minimum absolute atomic E-state index is 0.0364. The van der Waals surface area contributed by atoms with Crippen molar-refractivity contribution in [2.24, 2.45) is 5.92 Å². The fourth-order valence-corrected chi connectivity index (χ4v) is 3.36. The molecule has 0 bridgehead atoms. The molecule has 0 unspecified atom stereocenters. The Hall–Kier alpha value is -3.35. The predicted octanol–water partition coefficient (Wildman–Crippen LogP) is 2.74. The Morgan fingerprint density at radius 3 is 2.93 bits per heavy atom. The first-order valence-corrected chi connectivity index (χ1v) is 8.82. The highest BCUT2D eigenvalue weighted by Crippen LogP contribution is 2.32. The minimum Gasteiger partial charge on any atom is -0.508 e. The molecular weight excluding hydrogens is 344 g/mol. The highest BCUT2D eigenvalue weighted by molar-refractivity contribution is 5.87. The number of H-pyrrole nitrogens is 1. The number of aromatic hydroxyl groups is 1. The van der Waals surface area contributed by atoms with Crippen molar-refractivity contribution in [3.8, 4) is 22.6 Å². The number of aromatic nitrogens is 3. The first-order chi connectivity index (χ1) is 13.1. The number of phenols is 1. The van der Waals surface area contributed by atoms with Crippen LogP contribution in [0.2, 0.25) is 0 Å². The number of likely N-dealkylation sites (tertiary alicyclic amines) is 1. The van der Waals surface area contributed by atoms with Crippen LogP contribution >= 0.6 is 0 Å². The third-order valence-corrected chi connectivity index (χ3v) is 4.84. The van der Waals surface area contributed by atoms with E-state index in [0.29, 0.717) is 24.4 Å². The van der Waals surface area contributed by atoms with E-state index in [1.165, 1.54) is 6.08 Å². The molecule has 0 radical (unpaired) electrons. The Labute approximate surface area is 156 Å². The van der Waals surface area contributed by atoms with Crippen molar-refractivity contribution in [2.75, 3.05) is 19.7 Å². The maximum absolute atomic E-state index is 11.7. The number of hydrogen-bond acceptors (Lipinski definition) is 5. The number of benzene rings is 2. The minimum atomic E-state index is -0.0364. The van der Waals surface area contributed by atoms with Crippen molar-refractivity contribution in [2.45, 2.75) is 6.42 Å². The molecule has 0 spiro atoms. The zero-order chi connectivity index (χ0) is 18.8. The Morgan fingerprint density at radius 2 is 2.15 bits per heavy atom. The molecule has 1 fully saturated rings. The number of ether oxygens (including phenoxy) is 1. The normalized spacial score (nSPS) is 16.6. The maximum Gasteiger partial charge on any atom is 0.245 e. The molecule has 4 rings (SSSR count). The lowest BCUT2D eigenvalue weighted by Crippen LogP contribution is -2.27. The summed E-state index contributed by atoms with van der Waals surface area (Å²) in [5.41, 5.74) is 3.36. The summed E-state index contributed by atoms with van der Waals surface area (Å²) in [7, 11) is 0. The van der Waals surface area contributed by atoms with Gasteiger partial charge in [-0.1, -0.05) is 23.9 Å². The standard InChI is InChI=1S/C20H20N4O3/c1-2-19(26)24-8-7-13(11-24)12-27-18-10-15(9-17-20(18)22-23-21-17)14-3-5-16(25)6-4-14/h2-6,9-10,13,25H,1,7-8,11-12H2,(H,21,22,23)/t13-/m0/s1. The molecular formula is C20H20N4O3. The lowest BCUT2D eigenvalue weighted by atomic mass is 10.0. The van der Waals surface area contributed by atoms with Gasteiger partial charge in [0.1, 0.15) is 11.5 Å². The van der Waals surface area contributed by atoms with Gasteiger partial charge in [0.05, 0.1) is 12.1 Å². The van der Waals surface area contributed by atoms with Gasteiger partial charge in [-0.05, 0) is 47.9 Å². The maximum atomic E-state index is 11.7. The van der Waals surface area contributed by atoms with Crippen LogP contribution in [-0.2, 0) is 4.79 Å². The summed E-state index contributed by atoms with van der Waals surface area (Å²) in [4.78, 5) is 13.5. The van der Waals surface area contributed by atoms with E-state index in [9.17, 15) is 9.90 Å². The summed E-state index contributed by atoms with van der Waals surface area (Å²) in [5, 5.41) is 20.4. The van der Waals surface area contributed by atoms with E-state index in [2.05, 4.69) is 22.0 Å². The molecule has 1 atom stereocenters. The smallest absolute Gasteiger partial charge is 0.245 e. The number of carbonyl (C=O) groups is 1. The fourth-order valence-electron chi connectivity index (χ4n) is 3.36. The fraction of sp³-hybridized carbons (Fsp3) is 0.250. The van der Waals surface area contributed by atoms with Crippen LogP contribution in [0, 0.1) is 5.92 Å². The van der Waals surface area contributed by atoms with Crippen LogP contribution in [0.1, 0.15) is 6.42 Å². The molecule has 2 N–H and O–H groups in total. The van der Waals surface area contributed by atoms with Gasteiger partial charge in [-0.15, -0.1) is 5.10 Å². The Balaban J connectivity index is 1.54. The molecule has 1 amide bonds. The lowest BCUT2D eigenvalue weighted by Gasteiger charge is -2.15. The topological polar surface area (TPSA) is 91.3 Å². The Bertz CT molecular complexity index is 981. The van der Waals surface area contributed by atoms with E-state index >= 15 is 0 Å². The van der Waals surface area contributed by atoms with Gasteiger partial charge in [0.2, 0.25) is 5.91 Å². The van der Waals surface area contributed by atoms with E-state index in [1.807, 2.05) is 24.3 Å². The quantitative estimate of drug-likeness (QED) is 0.679. The van der Waals surface area contributed by atoms with Crippen molar-refractivity contribution >= 4 is 16.9 Å². The van der Waals surface area contributed by atoms with Crippen LogP contribution in [0.25, 0.3) is 22.2 Å². The Morgan fingerprint density at radius 1 is 1.33 bits per heavy atom. The van der Waals surface area contributed by atoms with Gasteiger partial charge in [-0.3, -0.25) is 9.89 Å². The average molecular weight is 364 g/mol. The van der Waals surface area contributed by atoms with Crippen LogP contribution in [0.15, 0.2) is 49.1 Å². The van der Waals surface area contributed by atoms with Gasteiger partial charge in [-0.2, -0.15) is 0 Å². The molecule has 1 aromatic heterocycles. The number of nitrogens with zero attached hydrogens (tertiary/aromatic N) is 3. The molecule has 7 nitrogen and oxygen atoms in total. The van der Waals surface area contributed by atoms with Crippen molar-refractivity contribution in [3.63, 3.8) is 0 Å². The van der Waals surface area contributed by atoms with Crippen LogP contribution in [0.3, 0.4) is 0 Å². The summed E-state index contributed by atoms with van der Waals surface area (Å²) < 4.78 is 6.07. The van der Waals surface area contributed by atoms with Gasteiger partial charge in [0, 0.05) is 19.0 Å². The summed E-state index contributed by atoms with van der Waals surface area (Å²) in [5.74, 6) is 1.11. The first-order valence-electron chi connectivity index (χ1n) is 8.82. The largest absolute Gasteiger partial charge is 0.508 e. The SMILES string of the molecule is C=CC(=O)N1CC[C@H](COc2cc(-c3ccc(O)cc3)cc3[nH]nnc23)C1. The molecule has 2 aromatic carbocycles. The van der Waals surface area contributed by atoms with Crippen LogP contribution in [0.5, 0.6) is 11.5 Å². The van der Waals surface area contributed by atoms with E-state index in [1.54, 1.807) is 17.0 Å². The van der Waals surface area contributed by atoms with E-state index in [-0.39, 0.29) is 17.6 Å². The highest BCUT2D eigenvalue weighted by Gasteiger charge is 2.25. The van der Waals surface area contributed by atoms with E-state index in [0.717, 1.165) is 29.6 Å². The second-order valence-corrected chi connectivity index (χ2v) is 6.68. The van der Waals surface area contributed by atoms with Gasteiger partial charge in [0.15, 0.2) is 5.52 Å². The molecule has 1 aliphatic heterocycles. The zero-order valence-electron chi connectivity index (χ0n) is 14.8. The number of rotatable bonds is 5. The molecule has 7 heteroatoms. The number of phenolic OH excluding ortho intramolecular Hbond substituents is 1. The second kappa shape index (κ2) is 7.11. The number of amides is 1. The van der Waals surface area contributed by atoms with Crippen molar-refractivity contribution in [3.05, 3.63) is 49.1 Å². The first kappa shape index (κ1) is 17.1. The van der Waals surface area contributed by atoms with E-state index < -0.39 is 0 Å². The van der Waals surface area contributed by atoms with Gasteiger partial charge < -0.3 is 14.7 Å². The zero-order valence-corrected chi connectivity index (χ0v) is 14.8. The van der Waals surface area contributed by atoms with Gasteiger partial charge >= 0.3 is 0 Å². The Kier molecular flexibility index (Phi) is 4.50. The third-order valence-electron chi connectivity index (χ3n) is 4.84. The lowest BCUT2D eigenvalue weighted by molar-refractivity contribution is -0.125. The average Bonchev–Trinajstić information content (AvgIpc) is 3.35. The molecule has 0 saturated carbocycles. The van der Waals surface area contributed by atoms with Crippen LogP contribution in [-0.4, -0.2) is 51.0 Å². The van der Waals surface area contributed by atoms with Crippen LogP contribution < -0.4 is 4.74 Å². The van der Waals surface area contributed by atoms with Crippen molar-refractivity contribution < 1.29 is 14.6 Å². The molecule has 27 heavy (non-hydrogen) atoms. The summed E-state index contributed by atoms with van der Waals surface area (Å²) in [6.45, 7) is 5.44. The number of hydrogen-bond donors (Lipinski definition) is 2. The molecule has 3 aromatic rings. The predicted molar refractivity (Wildman–Crippen MR) is 101 cm³/mol. The number of aromatic amines is 1. The van der Waals surface area contributed by atoms with Crippen LogP contribution in [0.4, 0.5) is 0 Å². The number of fused-ring (bicyclic) bond motifs is 1. The molecule has 1 aliphatic rings. The third kappa shape index (κ3) is 3.48. The number of nitrogens with one attached hydrogen (secondary N) is 1. The van der Waals surface area contributed by atoms with Crippen molar-refractivity contribution in [1.29, 1.82) is 0 Å². The monoisotopic (exact) mass is 364 g/mol. The van der Waals surface area contributed by atoms with Gasteiger partial charge in [0.25, 0.3) is 0 Å². The number of carbonyl (C=O) groups excluding carboxylic acids is 1. The van der Waals surface area contributed by atoms with Crippen molar-refractivity contribution in [1.82, 2.24) is 20.3 Å². The summed E-state index contributed by atoms with van der Waals surface area (Å²) in [6, 6.07) is 10.9. The second-order valence-electron chi connectivity index (χ2n) is 6.68. The van der Waals surface area contributed by atoms with E-state index in [4.69, 9.17) is 4.74 Å². The summed E-state index contributed by atoms with van der Waals surface area (Å²) in [6.07, 6.45) is 2.25. The summed E-state index contributed by atoms with van der Waals surface area (Å²) >= 11 is 0. The molecule has 0 aliphatic carbocycles. The molecule has 1 saturated heterocycles. The molecule has 138 valence electrons. The molecule has 2 heterocycles.